The van der Waals surface area contributed by atoms with Crippen molar-refractivity contribution in [3.63, 3.8) is 0 Å². The van der Waals surface area contributed by atoms with Gasteiger partial charge in [-0.3, -0.25) is 19.7 Å². The summed E-state index contributed by atoms with van der Waals surface area (Å²) in [6.07, 6.45) is 0. The number of non-ortho nitro benzene ring substituents is 1. The van der Waals surface area contributed by atoms with Crippen molar-refractivity contribution in [1.82, 2.24) is 0 Å². The Kier molecular flexibility index (Phi) is 2.76. The van der Waals surface area contributed by atoms with Gasteiger partial charge < -0.3 is 0 Å². The molecule has 0 aromatic heterocycles. The van der Waals surface area contributed by atoms with Crippen LogP contribution in [0.15, 0.2) is 40.9 Å². The standard InChI is InChI=1S/C14H6BrNO4/c15-11-3-1-2-9-12(11)14(18)8-5-4-7(16(19)20)6-10(8)13(9)17/h1-6H. The van der Waals surface area contributed by atoms with E-state index in [1.807, 2.05) is 0 Å². The molecule has 3 rings (SSSR count). The maximum atomic E-state index is 12.4. The number of halogens is 1. The molecule has 0 fully saturated rings. The topological polar surface area (TPSA) is 77.3 Å². The Bertz CT molecular complexity index is 798. The maximum Gasteiger partial charge on any atom is 0.270 e. The second kappa shape index (κ2) is 4.35. The number of carbonyl (C=O) groups excluding carboxylic acids is 2. The second-order valence-corrected chi connectivity index (χ2v) is 5.16. The fraction of sp³-hybridized carbons (Fsp3) is 0. The molecular weight excluding hydrogens is 326 g/mol. The molecule has 1 aliphatic carbocycles. The molecule has 20 heavy (non-hydrogen) atoms. The van der Waals surface area contributed by atoms with Crippen molar-refractivity contribution < 1.29 is 14.5 Å². The van der Waals surface area contributed by atoms with Crippen molar-refractivity contribution >= 4 is 33.2 Å². The van der Waals surface area contributed by atoms with Crippen LogP contribution >= 0.6 is 15.9 Å². The van der Waals surface area contributed by atoms with Gasteiger partial charge in [-0.05, 0) is 12.1 Å². The third kappa shape index (κ3) is 1.69. The van der Waals surface area contributed by atoms with Crippen molar-refractivity contribution in [3.05, 3.63) is 73.2 Å². The van der Waals surface area contributed by atoms with Crippen LogP contribution in [0, 0.1) is 10.1 Å². The Morgan fingerprint density at radius 2 is 1.70 bits per heavy atom. The van der Waals surface area contributed by atoms with E-state index in [1.54, 1.807) is 18.2 Å². The number of hydrogen-bond acceptors (Lipinski definition) is 4. The van der Waals surface area contributed by atoms with Crippen LogP contribution in [0.1, 0.15) is 31.8 Å². The van der Waals surface area contributed by atoms with E-state index in [2.05, 4.69) is 15.9 Å². The molecule has 2 aromatic carbocycles. The lowest BCUT2D eigenvalue weighted by Crippen LogP contribution is -2.21. The van der Waals surface area contributed by atoms with Crippen molar-refractivity contribution in [2.45, 2.75) is 0 Å². The number of ketones is 2. The second-order valence-electron chi connectivity index (χ2n) is 4.31. The molecule has 0 atom stereocenters. The first-order valence-electron chi connectivity index (χ1n) is 5.67. The largest absolute Gasteiger partial charge is 0.289 e. The minimum Gasteiger partial charge on any atom is -0.289 e. The molecule has 0 saturated heterocycles. The normalized spacial score (nSPS) is 12.8. The lowest BCUT2D eigenvalue weighted by Gasteiger charge is -2.17. The highest BCUT2D eigenvalue weighted by Gasteiger charge is 2.32. The number of nitro groups is 1. The van der Waals surface area contributed by atoms with Crippen LogP contribution in [0.2, 0.25) is 0 Å². The minimum absolute atomic E-state index is 0.0785. The zero-order valence-corrected chi connectivity index (χ0v) is 11.5. The van der Waals surface area contributed by atoms with Crippen LogP contribution in [0.5, 0.6) is 0 Å². The minimum atomic E-state index is -0.589. The number of benzene rings is 2. The van der Waals surface area contributed by atoms with Gasteiger partial charge in [0.25, 0.3) is 5.69 Å². The van der Waals surface area contributed by atoms with E-state index in [1.165, 1.54) is 12.1 Å². The van der Waals surface area contributed by atoms with Crippen LogP contribution in [-0.2, 0) is 0 Å². The first-order chi connectivity index (χ1) is 9.50. The predicted octanol–water partition coefficient (Wildman–Crippen LogP) is 3.13. The van der Waals surface area contributed by atoms with E-state index in [0.29, 0.717) is 10.0 Å². The zero-order valence-electron chi connectivity index (χ0n) is 9.92. The van der Waals surface area contributed by atoms with Crippen LogP contribution in [0.3, 0.4) is 0 Å². The van der Waals surface area contributed by atoms with Gasteiger partial charge in [0.05, 0.1) is 4.92 Å². The van der Waals surface area contributed by atoms with Gasteiger partial charge in [-0.25, -0.2) is 0 Å². The summed E-state index contributed by atoms with van der Waals surface area (Å²) in [5.74, 6) is -0.684. The van der Waals surface area contributed by atoms with Gasteiger partial charge in [0.15, 0.2) is 11.6 Å². The Hall–Kier alpha value is -2.34. The molecule has 2 aromatic rings. The van der Waals surface area contributed by atoms with Crippen LogP contribution < -0.4 is 0 Å². The Labute approximate surface area is 121 Å². The quantitative estimate of drug-likeness (QED) is 0.507. The van der Waals surface area contributed by atoms with Crippen LogP contribution in [-0.4, -0.2) is 16.5 Å². The van der Waals surface area contributed by atoms with Crippen molar-refractivity contribution in [1.29, 1.82) is 0 Å². The molecule has 0 heterocycles. The molecule has 0 bridgehead atoms. The predicted molar refractivity (Wildman–Crippen MR) is 74.1 cm³/mol. The highest BCUT2D eigenvalue weighted by Crippen LogP contribution is 2.33. The zero-order chi connectivity index (χ0) is 14.4. The molecule has 1 aliphatic rings. The number of carbonyl (C=O) groups is 2. The summed E-state index contributed by atoms with van der Waals surface area (Å²) in [5, 5.41) is 10.8. The fourth-order valence-electron chi connectivity index (χ4n) is 2.26. The summed E-state index contributed by atoms with van der Waals surface area (Å²) in [5.41, 5.74) is 0.634. The molecule has 0 radical (unpaired) electrons. The fourth-order valence-corrected chi connectivity index (χ4v) is 2.80. The van der Waals surface area contributed by atoms with Gasteiger partial charge in [-0.1, -0.05) is 28.1 Å². The first kappa shape index (κ1) is 12.7. The molecule has 6 heteroatoms. The number of fused-ring (bicyclic) bond motifs is 2. The van der Waals surface area contributed by atoms with Gasteiger partial charge >= 0.3 is 0 Å². The number of hydrogen-bond donors (Lipinski definition) is 0. The van der Waals surface area contributed by atoms with Crippen molar-refractivity contribution in [3.8, 4) is 0 Å². The number of rotatable bonds is 1. The summed E-state index contributed by atoms with van der Waals surface area (Å²) in [4.78, 5) is 35.0. The molecule has 0 spiro atoms. The molecule has 0 saturated carbocycles. The highest BCUT2D eigenvalue weighted by atomic mass is 79.9. The lowest BCUT2D eigenvalue weighted by atomic mass is 9.84. The third-order valence-corrected chi connectivity index (χ3v) is 3.85. The van der Waals surface area contributed by atoms with E-state index in [-0.39, 0.29) is 33.9 Å². The summed E-state index contributed by atoms with van der Waals surface area (Å²) < 4.78 is 0.539. The molecule has 0 N–H and O–H groups in total. The van der Waals surface area contributed by atoms with E-state index >= 15 is 0 Å². The molecule has 98 valence electrons. The SMILES string of the molecule is O=C1c2cc([N+](=O)[O-])ccc2C(=O)c2c(Br)cccc21. The Morgan fingerprint density at radius 1 is 0.950 bits per heavy atom. The first-order valence-corrected chi connectivity index (χ1v) is 6.46. The summed E-state index contributed by atoms with van der Waals surface area (Å²) >= 11 is 3.26. The average Bonchev–Trinajstić information content (AvgIpc) is 2.44. The molecular formula is C14H6BrNO4. The smallest absolute Gasteiger partial charge is 0.270 e. The lowest BCUT2D eigenvalue weighted by molar-refractivity contribution is -0.384. The van der Waals surface area contributed by atoms with E-state index in [4.69, 9.17) is 0 Å². The summed E-state index contributed by atoms with van der Waals surface area (Å²) in [6, 6.07) is 8.58. The Balaban J connectivity index is 2.29. The van der Waals surface area contributed by atoms with Gasteiger partial charge in [0, 0.05) is 38.9 Å². The molecule has 0 amide bonds. The summed E-state index contributed by atoms with van der Waals surface area (Å²) in [6.45, 7) is 0. The molecule has 0 aliphatic heterocycles. The maximum absolute atomic E-state index is 12.4. The highest BCUT2D eigenvalue weighted by molar-refractivity contribution is 9.10. The van der Waals surface area contributed by atoms with Crippen molar-refractivity contribution in [2.75, 3.05) is 0 Å². The van der Waals surface area contributed by atoms with Crippen molar-refractivity contribution in [2.24, 2.45) is 0 Å². The van der Waals surface area contributed by atoms with Crippen LogP contribution in [0.4, 0.5) is 5.69 Å². The van der Waals surface area contributed by atoms with E-state index < -0.39 is 4.92 Å². The average molecular weight is 332 g/mol. The monoisotopic (exact) mass is 331 g/mol. The Morgan fingerprint density at radius 3 is 2.40 bits per heavy atom. The van der Waals surface area contributed by atoms with E-state index in [9.17, 15) is 19.7 Å². The molecule has 5 nitrogen and oxygen atoms in total. The summed E-state index contributed by atoms with van der Waals surface area (Å²) in [7, 11) is 0. The van der Waals surface area contributed by atoms with E-state index in [0.717, 1.165) is 6.07 Å². The van der Waals surface area contributed by atoms with Gasteiger partial charge in [0.2, 0.25) is 0 Å². The molecule has 0 unspecified atom stereocenters. The van der Waals surface area contributed by atoms with Gasteiger partial charge in [-0.15, -0.1) is 0 Å². The van der Waals surface area contributed by atoms with Gasteiger partial charge in [0.1, 0.15) is 0 Å². The number of nitrogens with zero attached hydrogens (tertiary/aromatic N) is 1. The van der Waals surface area contributed by atoms with Crippen LogP contribution in [0.25, 0.3) is 0 Å². The van der Waals surface area contributed by atoms with Gasteiger partial charge in [-0.2, -0.15) is 0 Å². The third-order valence-electron chi connectivity index (χ3n) is 3.19. The number of nitro benzene ring substituents is 1.